The van der Waals surface area contributed by atoms with Crippen molar-refractivity contribution < 1.29 is 37.5 Å². The van der Waals surface area contributed by atoms with Crippen LogP contribution in [0.25, 0.3) is 0 Å². The number of fused-ring (bicyclic) bond motifs is 1. The summed E-state index contributed by atoms with van der Waals surface area (Å²) < 4.78 is 23.3. The summed E-state index contributed by atoms with van der Waals surface area (Å²) in [5, 5.41) is 14.0. The second-order valence-electron chi connectivity index (χ2n) is 9.15. The van der Waals surface area contributed by atoms with Crippen molar-refractivity contribution in [3.05, 3.63) is 35.9 Å². The molecule has 1 aromatic rings. The fraction of sp³-hybridized carbons (Fsp3) is 0.476. The monoisotopic (exact) mass is 539 g/mol. The molecule has 3 N–H and O–H groups in total. The molecule has 194 valence electrons. The van der Waals surface area contributed by atoms with Gasteiger partial charge in [-0.05, 0) is 19.4 Å². The van der Waals surface area contributed by atoms with E-state index in [4.69, 9.17) is 0 Å². The molecule has 0 aromatic heterocycles. The van der Waals surface area contributed by atoms with Crippen LogP contribution in [0.1, 0.15) is 25.5 Å². The Bertz CT molecular complexity index is 1240. The number of thioether (sulfide) groups is 1. The van der Waals surface area contributed by atoms with E-state index in [-0.39, 0.29) is 13.1 Å². The summed E-state index contributed by atoms with van der Waals surface area (Å²) in [5.41, 5.74) is 0.362. The van der Waals surface area contributed by atoms with Crippen LogP contribution in [0.3, 0.4) is 0 Å². The number of hydrogen-bond donors (Lipinski definition) is 3. The van der Waals surface area contributed by atoms with Crippen LogP contribution < -0.4 is 10.6 Å². The number of imide groups is 1. The fourth-order valence-electron chi connectivity index (χ4n) is 4.54. The number of urea groups is 2. The number of rotatable bonds is 6. The number of aliphatic carboxylic acids is 1. The highest BCUT2D eigenvalue weighted by atomic mass is 32.2. The zero-order valence-corrected chi connectivity index (χ0v) is 21.2. The van der Waals surface area contributed by atoms with Gasteiger partial charge in [0.15, 0.2) is 0 Å². The Balaban J connectivity index is 1.51. The molecule has 0 spiro atoms. The molecule has 3 heterocycles. The lowest BCUT2D eigenvalue weighted by Gasteiger charge is -2.44. The highest BCUT2D eigenvalue weighted by molar-refractivity contribution is 8.01. The third kappa shape index (κ3) is 4.36. The van der Waals surface area contributed by atoms with Gasteiger partial charge in [-0.15, -0.1) is 11.8 Å². The van der Waals surface area contributed by atoms with Crippen molar-refractivity contribution in [2.24, 2.45) is 0 Å². The highest BCUT2D eigenvalue weighted by Gasteiger charge is 2.64. The number of carboxylic acid groups (broad SMARTS) is 1. The van der Waals surface area contributed by atoms with E-state index in [0.29, 0.717) is 14.8 Å². The molecule has 3 aliphatic rings. The molecule has 0 radical (unpaired) electrons. The zero-order chi connectivity index (χ0) is 26.6. The summed E-state index contributed by atoms with van der Waals surface area (Å²) in [6.07, 6.45) is 0.850. The summed E-state index contributed by atoms with van der Waals surface area (Å²) >= 11 is 1.26. The topological polar surface area (TPSA) is 173 Å². The maximum absolute atomic E-state index is 13.3. The number of carboxylic acids is 1. The number of nitrogens with one attached hydrogen (secondary N) is 2. The van der Waals surface area contributed by atoms with E-state index in [9.17, 15) is 37.5 Å². The quantitative estimate of drug-likeness (QED) is 0.413. The van der Waals surface area contributed by atoms with Crippen molar-refractivity contribution in [3.8, 4) is 0 Å². The molecular formula is C21H25N5O8S2. The van der Waals surface area contributed by atoms with Crippen molar-refractivity contribution in [3.63, 3.8) is 0 Å². The van der Waals surface area contributed by atoms with Gasteiger partial charge in [0.05, 0.1) is 19.3 Å². The van der Waals surface area contributed by atoms with Gasteiger partial charge < -0.3 is 20.6 Å². The molecule has 36 heavy (non-hydrogen) atoms. The van der Waals surface area contributed by atoms with Gasteiger partial charge in [0, 0.05) is 4.75 Å². The first-order valence-corrected chi connectivity index (χ1v) is 13.6. The molecule has 1 aromatic carbocycles. The largest absolute Gasteiger partial charge is 0.480 e. The summed E-state index contributed by atoms with van der Waals surface area (Å²) in [7, 11) is -3.87. The average molecular weight is 540 g/mol. The molecule has 3 saturated heterocycles. The molecule has 0 bridgehead atoms. The van der Waals surface area contributed by atoms with Gasteiger partial charge in [0.2, 0.25) is 21.8 Å². The van der Waals surface area contributed by atoms with Gasteiger partial charge in [-0.3, -0.25) is 9.59 Å². The Hall–Kier alpha value is -3.33. The summed E-state index contributed by atoms with van der Waals surface area (Å²) in [6.45, 7) is 3.02. The third-order valence-electron chi connectivity index (χ3n) is 6.25. The molecule has 4 rings (SSSR count). The average Bonchev–Trinajstić information content (AvgIpc) is 3.31. The number of sulfonamides is 1. The van der Waals surface area contributed by atoms with Crippen LogP contribution in [-0.4, -0.2) is 99.0 Å². The Morgan fingerprint density at radius 2 is 1.78 bits per heavy atom. The van der Waals surface area contributed by atoms with Crippen LogP contribution in [0.2, 0.25) is 0 Å². The Morgan fingerprint density at radius 1 is 1.14 bits per heavy atom. The molecule has 3 aliphatic heterocycles. The smallest absolute Gasteiger partial charge is 0.341 e. The first-order chi connectivity index (χ1) is 16.7. The second-order valence-corrected chi connectivity index (χ2v) is 12.8. The Labute approximate surface area is 211 Å². The molecule has 0 saturated carbocycles. The summed E-state index contributed by atoms with van der Waals surface area (Å²) in [5.74, 6) is -2.42. The molecule has 6 amide bonds. The molecule has 0 aliphatic carbocycles. The molecule has 15 heteroatoms. The van der Waals surface area contributed by atoms with Crippen LogP contribution >= 0.6 is 11.8 Å². The maximum atomic E-state index is 13.3. The van der Waals surface area contributed by atoms with E-state index >= 15 is 0 Å². The van der Waals surface area contributed by atoms with Crippen LogP contribution in [0.15, 0.2) is 30.3 Å². The standard InChI is InChI=1S/C21H25N5O8S2/c1-21(2)14(18(29)30)26-16(28)13(17(26)35-21)22-15(27)12(11-7-5-4-6-8-11)23-19(31)24-9-10-25(20(24)32)36(3,33)34/h4-8,12-14,17H,9-10H2,1-3H3,(H,22,27)(H,23,31)(H,29,30)/t12-,13+,14+,17-/m0/s1. The van der Waals surface area contributed by atoms with E-state index in [2.05, 4.69) is 10.6 Å². The molecule has 0 unspecified atom stereocenters. The summed E-state index contributed by atoms with van der Waals surface area (Å²) in [4.78, 5) is 65.0. The van der Waals surface area contributed by atoms with Crippen molar-refractivity contribution >= 4 is 51.6 Å². The number of benzene rings is 1. The second kappa shape index (κ2) is 8.96. The van der Waals surface area contributed by atoms with Gasteiger partial charge in [-0.25, -0.2) is 32.0 Å². The first kappa shape index (κ1) is 25.8. The zero-order valence-electron chi connectivity index (χ0n) is 19.6. The fourth-order valence-corrected chi connectivity index (χ4v) is 6.96. The molecular weight excluding hydrogens is 514 g/mol. The van der Waals surface area contributed by atoms with Gasteiger partial charge in [-0.2, -0.15) is 0 Å². The van der Waals surface area contributed by atoms with Crippen LogP contribution in [0, 0.1) is 0 Å². The Kier molecular flexibility index (Phi) is 6.41. The minimum Gasteiger partial charge on any atom is -0.480 e. The van der Waals surface area contributed by atoms with Gasteiger partial charge in [0.25, 0.3) is 0 Å². The van der Waals surface area contributed by atoms with E-state index in [0.717, 1.165) is 6.26 Å². The molecule has 4 atom stereocenters. The number of carbonyl (C=O) groups excluding carboxylic acids is 4. The minimum absolute atomic E-state index is 0.193. The molecule has 3 fully saturated rings. The lowest BCUT2D eigenvalue weighted by atomic mass is 9.95. The van der Waals surface area contributed by atoms with Crippen molar-refractivity contribution in [2.45, 2.75) is 42.1 Å². The third-order valence-corrected chi connectivity index (χ3v) is 8.96. The predicted molar refractivity (Wildman–Crippen MR) is 127 cm³/mol. The highest BCUT2D eigenvalue weighted by Crippen LogP contribution is 2.50. The van der Waals surface area contributed by atoms with Crippen molar-refractivity contribution in [1.29, 1.82) is 0 Å². The van der Waals surface area contributed by atoms with Crippen LogP contribution in [-0.2, 0) is 24.4 Å². The first-order valence-electron chi connectivity index (χ1n) is 10.9. The van der Waals surface area contributed by atoms with Gasteiger partial charge in [-0.1, -0.05) is 30.3 Å². The number of nitrogens with zero attached hydrogens (tertiary/aromatic N) is 3. The Morgan fingerprint density at radius 3 is 2.33 bits per heavy atom. The minimum atomic E-state index is -3.87. The van der Waals surface area contributed by atoms with Gasteiger partial charge in [0.1, 0.15) is 23.5 Å². The normalized spacial score (nSPS) is 25.8. The SMILES string of the molecule is CC1(C)S[C@H]2[C@H](NC(=O)[C@@H](NC(=O)N3CCN(S(C)(=O)=O)C3=O)c3ccccc3)C(=O)N2[C@@H]1C(=O)O. The lowest BCUT2D eigenvalue weighted by molar-refractivity contribution is -0.161. The van der Waals surface area contributed by atoms with E-state index in [1.807, 2.05) is 0 Å². The number of β-lactam (4-membered cyclic amide) rings is 1. The summed E-state index contributed by atoms with van der Waals surface area (Å²) in [6, 6.07) is 2.76. The number of carbonyl (C=O) groups is 5. The lowest BCUT2D eigenvalue weighted by Crippen LogP contribution is -2.71. The van der Waals surface area contributed by atoms with E-state index in [1.165, 1.54) is 16.7 Å². The predicted octanol–water partition coefficient (Wildman–Crippen LogP) is -0.234. The van der Waals surface area contributed by atoms with Crippen molar-refractivity contribution in [1.82, 2.24) is 24.7 Å². The van der Waals surface area contributed by atoms with Crippen LogP contribution in [0.4, 0.5) is 9.59 Å². The van der Waals surface area contributed by atoms with Crippen molar-refractivity contribution in [2.75, 3.05) is 19.3 Å². The number of amides is 6. The maximum Gasteiger partial charge on any atom is 0.341 e. The number of hydrogen-bond acceptors (Lipinski definition) is 8. The molecule has 13 nitrogen and oxygen atoms in total. The van der Waals surface area contributed by atoms with E-state index < -0.39 is 68.1 Å². The van der Waals surface area contributed by atoms with E-state index in [1.54, 1.807) is 44.2 Å². The van der Waals surface area contributed by atoms with Crippen LogP contribution in [0.5, 0.6) is 0 Å². The van der Waals surface area contributed by atoms with Gasteiger partial charge >= 0.3 is 18.0 Å².